The zero-order valence-electron chi connectivity index (χ0n) is 9.27. The number of allylic oxidation sites excluding steroid dienone is 2. The molecule has 1 aliphatic rings. The lowest BCUT2D eigenvalue weighted by Crippen LogP contribution is -2.14. The van der Waals surface area contributed by atoms with E-state index in [1.807, 2.05) is 13.0 Å². The van der Waals surface area contributed by atoms with Crippen molar-refractivity contribution in [3.05, 3.63) is 40.4 Å². The molecule has 0 saturated carbocycles. The number of benzene rings is 1. The summed E-state index contributed by atoms with van der Waals surface area (Å²) in [5.41, 5.74) is 0.626. The van der Waals surface area contributed by atoms with Crippen LogP contribution in [-0.2, 0) is 9.59 Å². The molecule has 0 atom stereocenters. The molecular formula is C13H11BrO3. The van der Waals surface area contributed by atoms with Crippen LogP contribution in [0.15, 0.2) is 34.8 Å². The van der Waals surface area contributed by atoms with Gasteiger partial charge in [-0.15, -0.1) is 0 Å². The van der Waals surface area contributed by atoms with E-state index in [0.29, 0.717) is 17.9 Å². The van der Waals surface area contributed by atoms with Gasteiger partial charge in [-0.25, -0.2) is 0 Å². The van der Waals surface area contributed by atoms with Gasteiger partial charge in [0.2, 0.25) is 0 Å². The predicted molar refractivity (Wildman–Crippen MR) is 67.2 cm³/mol. The van der Waals surface area contributed by atoms with Crippen molar-refractivity contribution in [2.75, 3.05) is 6.61 Å². The second-order valence-electron chi connectivity index (χ2n) is 3.69. The van der Waals surface area contributed by atoms with E-state index in [9.17, 15) is 9.59 Å². The lowest BCUT2D eigenvalue weighted by atomic mass is 9.94. The van der Waals surface area contributed by atoms with Gasteiger partial charge >= 0.3 is 0 Å². The molecule has 0 amide bonds. The summed E-state index contributed by atoms with van der Waals surface area (Å²) in [4.78, 5) is 23.3. The highest BCUT2D eigenvalue weighted by atomic mass is 79.9. The molecule has 17 heavy (non-hydrogen) atoms. The van der Waals surface area contributed by atoms with Gasteiger partial charge < -0.3 is 4.74 Å². The van der Waals surface area contributed by atoms with Crippen molar-refractivity contribution in [2.24, 2.45) is 0 Å². The molecule has 0 radical (unpaired) electrons. The number of halogens is 1. The normalized spacial score (nSPS) is 15.6. The Morgan fingerprint density at radius 3 is 2.47 bits per heavy atom. The Hall–Kier alpha value is -1.42. The van der Waals surface area contributed by atoms with E-state index in [1.54, 1.807) is 12.1 Å². The number of carbonyl (C=O) groups excluding carboxylic acids is 2. The lowest BCUT2D eigenvalue weighted by molar-refractivity contribution is -0.122. The minimum absolute atomic E-state index is 0.186. The first kappa shape index (κ1) is 12.0. The lowest BCUT2D eigenvalue weighted by Gasteiger charge is -2.14. The fraction of sp³-hybridized carbons (Fsp3) is 0.231. The van der Waals surface area contributed by atoms with Crippen LogP contribution in [0.3, 0.4) is 0 Å². The van der Waals surface area contributed by atoms with Crippen LogP contribution in [0.25, 0.3) is 0 Å². The van der Waals surface area contributed by atoms with Crippen LogP contribution in [0.4, 0.5) is 0 Å². The molecule has 4 heteroatoms. The fourth-order valence-corrected chi connectivity index (χ4v) is 2.21. The molecule has 1 aliphatic carbocycles. The maximum atomic E-state index is 11.7. The van der Waals surface area contributed by atoms with Gasteiger partial charge in [-0.05, 0) is 37.3 Å². The van der Waals surface area contributed by atoms with E-state index < -0.39 is 5.92 Å². The molecule has 0 fully saturated rings. The van der Waals surface area contributed by atoms with E-state index in [2.05, 4.69) is 15.9 Å². The number of hydrogen-bond donors (Lipinski definition) is 0. The molecule has 0 spiro atoms. The van der Waals surface area contributed by atoms with E-state index in [0.717, 1.165) is 4.47 Å². The highest BCUT2D eigenvalue weighted by molar-refractivity contribution is 9.10. The quantitative estimate of drug-likeness (QED) is 0.805. The van der Waals surface area contributed by atoms with Crippen molar-refractivity contribution in [1.82, 2.24) is 0 Å². The average Bonchev–Trinajstić information content (AvgIpc) is 2.62. The van der Waals surface area contributed by atoms with Crippen LogP contribution < -0.4 is 4.74 Å². The maximum Gasteiger partial charge on any atom is 0.171 e. The van der Waals surface area contributed by atoms with Crippen LogP contribution in [0.5, 0.6) is 5.75 Å². The fourth-order valence-electron chi connectivity index (χ4n) is 1.84. The summed E-state index contributed by atoms with van der Waals surface area (Å²) in [5, 5.41) is 0. The summed E-state index contributed by atoms with van der Waals surface area (Å²) in [6.07, 6.45) is 2.65. The predicted octanol–water partition coefficient (Wildman–Crippen LogP) is 2.64. The first-order valence-electron chi connectivity index (χ1n) is 5.31. The van der Waals surface area contributed by atoms with E-state index in [4.69, 9.17) is 4.74 Å². The summed E-state index contributed by atoms with van der Waals surface area (Å²) in [5.74, 6) is -0.525. The summed E-state index contributed by atoms with van der Waals surface area (Å²) in [7, 11) is 0. The van der Waals surface area contributed by atoms with Crippen LogP contribution in [0.1, 0.15) is 18.4 Å². The minimum Gasteiger partial charge on any atom is -0.494 e. The molecule has 2 rings (SSSR count). The highest BCUT2D eigenvalue weighted by Gasteiger charge is 2.32. The van der Waals surface area contributed by atoms with E-state index in [1.165, 1.54) is 12.2 Å². The number of ketones is 2. The monoisotopic (exact) mass is 294 g/mol. The van der Waals surface area contributed by atoms with Crippen molar-refractivity contribution >= 4 is 27.5 Å². The molecule has 0 N–H and O–H groups in total. The Kier molecular flexibility index (Phi) is 3.43. The Labute approximate surface area is 108 Å². The van der Waals surface area contributed by atoms with Crippen LogP contribution in [-0.4, -0.2) is 18.2 Å². The molecule has 0 aliphatic heterocycles. The van der Waals surface area contributed by atoms with Gasteiger partial charge in [0.15, 0.2) is 11.6 Å². The van der Waals surface area contributed by atoms with Crippen molar-refractivity contribution in [2.45, 2.75) is 12.8 Å². The summed E-state index contributed by atoms with van der Waals surface area (Å²) in [6, 6.07) is 5.35. The van der Waals surface area contributed by atoms with E-state index >= 15 is 0 Å². The van der Waals surface area contributed by atoms with Crippen LogP contribution in [0, 0.1) is 0 Å². The molecule has 88 valence electrons. The second kappa shape index (κ2) is 4.84. The number of ether oxygens (including phenoxy) is 1. The van der Waals surface area contributed by atoms with Gasteiger partial charge in [-0.1, -0.05) is 15.9 Å². The number of hydrogen-bond acceptors (Lipinski definition) is 3. The topological polar surface area (TPSA) is 43.4 Å². The average molecular weight is 295 g/mol. The van der Waals surface area contributed by atoms with Gasteiger partial charge in [0.05, 0.1) is 6.61 Å². The minimum atomic E-state index is -0.742. The molecule has 0 saturated heterocycles. The Balaban J connectivity index is 2.46. The van der Waals surface area contributed by atoms with Crippen molar-refractivity contribution in [3.63, 3.8) is 0 Å². The Morgan fingerprint density at radius 2 is 1.88 bits per heavy atom. The molecule has 1 aromatic carbocycles. The smallest absolute Gasteiger partial charge is 0.171 e. The van der Waals surface area contributed by atoms with Gasteiger partial charge in [0, 0.05) is 10.0 Å². The number of carbonyl (C=O) groups is 2. The molecule has 0 bridgehead atoms. The standard InChI is InChI=1S/C13H11BrO3/c1-2-17-12-6-3-8(14)7-9(12)13-10(15)4-5-11(13)16/h3-7,13H,2H2,1H3. The molecule has 0 unspecified atom stereocenters. The van der Waals surface area contributed by atoms with Crippen molar-refractivity contribution < 1.29 is 14.3 Å². The molecule has 3 nitrogen and oxygen atoms in total. The SMILES string of the molecule is CCOc1ccc(Br)cc1C1C(=O)C=CC1=O. The van der Waals surface area contributed by atoms with Crippen LogP contribution in [0.2, 0.25) is 0 Å². The van der Waals surface area contributed by atoms with Gasteiger partial charge in [-0.2, -0.15) is 0 Å². The van der Waals surface area contributed by atoms with Gasteiger partial charge in [0.25, 0.3) is 0 Å². The summed E-state index contributed by atoms with van der Waals surface area (Å²) >= 11 is 3.34. The van der Waals surface area contributed by atoms with E-state index in [-0.39, 0.29) is 11.6 Å². The maximum absolute atomic E-state index is 11.7. The molecule has 1 aromatic rings. The first-order valence-corrected chi connectivity index (χ1v) is 6.10. The molecular weight excluding hydrogens is 284 g/mol. The summed E-state index contributed by atoms with van der Waals surface area (Å²) < 4.78 is 6.27. The van der Waals surface area contributed by atoms with Crippen LogP contribution >= 0.6 is 15.9 Å². The Bertz CT molecular complexity index is 487. The third kappa shape index (κ3) is 2.31. The second-order valence-corrected chi connectivity index (χ2v) is 4.60. The van der Waals surface area contributed by atoms with Gasteiger partial charge in [-0.3, -0.25) is 9.59 Å². The highest BCUT2D eigenvalue weighted by Crippen LogP contribution is 2.33. The third-order valence-electron chi connectivity index (χ3n) is 2.56. The number of rotatable bonds is 3. The first-order chi connectivity index (χ1) is 8.13. The summed E-state index contributed by atoms with van der Waals surface area (Å²) in [6.45, 7) is 2.36. The Morgan fingerprint density at radius 1 is 1.24 bits per heavy atom. The zero-order chi connectivity index (χ0) is 12.4. The zero-order valence-corrected chi connectivity index (χ0v) is 10.9. The largest absolute Gasteiger partial charge is 0.494 e. The third-order valence-corrected chi connectivity index (χ3v) is 3.06. The van der Waals surface area contributed by atoms with Crippen molar-refractivity contribution in [3.8, 4) is 5.75 Å². The molecule has 0 heterocycles. The van der Waals surface area contributed by atoms with Gasteiger partial charge in [0.1, 0.15) is 11.7 Å². The molecule has 0 aromatic heterocycles. The van der Waals surface area contributed by atoms with Crippen molar-refractivity contribution in [1.29, 1.82) is 0 Å².